The molecule has 2 amide bonds. The summed E-state index contributed by atoms with van der Waals surface area (Å²) in [5.74, 6) is -0.518. The molecule has 1 atom stereocenters. The van der Waals surface area contributed by atoms with Crippen molar-refractivity contribution in [1.82, 2.24) is 20.4 Å². The van der Waals surface area contributed by atoms with E-state index >= 15 is 0 Å². The maximum Gasteiger partial charge on any atom is 0.251 e. The topological polar surface area (TPSA) is 76.0 Å². The maximum absolute atomic E-state index is 12.4. The standard InChI is InChI=1S/C25H30N4O2/c1-17(22-15-27-29(18(22)2)21-9-7-6-8-10-21)28-23(30)16-26-24(31)19-11-13-20(14-12-19)25(3,4)5/h6-15,17H,16H2,1-5H3,(H,26,31)(H,28,30). The first-order valence-electron chi connectivity index (χ1n) is 10.4. The normalized spacial score (nSPS) is 12.3. The SMILES string of the molecule is Cc1c(C(C)NC(=O)CNC(=O)c2ccc(C(C)(C)C)cc2)cnn1-c1ccccc1. The van der Waals surface area contributed by atoms with Crippen LogP contribution < -0.4 is 10.6 Å². The van der Waals surface area contributed by atoms with E-state index in [1.807, 2.05) is 61.0 Å². The van der Waals surface area contributed by atoms with Crippen LogP contribution in [0, 0.1) is 6.92 Å². The lowest BCUT2D eigenvalue weighted by Gasteiger charge is -2.19. The largest absolute Gasteiger partial charge is 0.348 e. The Kier molecular flexibility index (Phi) is 6.59. The van der Waals surface area contributed by atoms with Crippen molar-refractivity contribution in [2.45, 2.75) is 46.1 Å². The predicted octanol–water partition coefficient (Wildman–Crippen LogP) is 4.09. The van der Waals surface area contributed by atoms with Crippen LogP contribution in [-0.2, 0) is 10.2 Å². The van der Waals surface area contributed by atoms with Gasteiger partial charge in [-0.15, -0.1) is 0 Å². The average molecular weight is 419 g/mol. The molecule has 0 fully saturated rings. The van der Waals surface area contributed by atoms with Crippen molar-refractivity contribution < 1.29 is 9.59 Å². The Morgan fingerprint density at radius 3 is 2.29 bits per heavy atom. The van der Waals surface area contributed by atoms with Gasteiger partial charge in [0.1, 0.15) is 0 Å². The van der Waals surface area contributed by atoms with Crippen molar-refractivity contribution in [3.8, 4) is 5.69 Å². The molecule has 0 saturated heterocycles. The van der Waals surface area contributed by atoms with E-state index in [0.717, 1.165) is 22.5 Å². The van der Waals surface area contributed by atoms with Gasteiger partial charge in [-0.1, -0.05) is 51.1 Å². The molecule has 162 valence electrons. The highest BCUT2D eigenvalue weighted by atomic mass is 16.2. The highest BCUT2D eigenvalue weighted by molar-refractivity contribution is 5.96. The van der Waals surface area contributed by atoms with E-state index in [2.05, 4.69) is 36.5 Å². The summed E-state index contributed by atoms with van der Waals surface area (Å²) in [6, 6.07) is 17.1. The number of aromatic nitrogens is 2. The Labute approximate surface area is 183 Å². The molecule has 0 bridgehead atoms. The van der Waals surface area contributed by atoms with Crippen molar-refractivity contribution in [2.24, 2.45) is 0 Å². The van der Waals surface area contributed by atoms with Gasteiger partial charge in [-0.05, 0) is 49.1 Å². The van der Waals surface area contributed by atoms with Crippen molar-refractivity contribution in [1.29, 1.82) is 0 Å². The number of amides is 2. The van der Waals surface area contributed by atoms with E-state index in [9.17, 15) is 9.59 Å². The van der Waals surface area contributed by atoms with E-state index in [1.54, 1.807) is 18.3 Å². The molecule has 0 spiro atoms. The lowest BCUT2D eigenvalue weighted by atomic mass is 9.87. The molecule has 3 aromatic rings. The fourth-order valence-electron chi connectivity index (χ4n) is 3.43. The van der Waals surface area contributed by atoms with Gasteiger partial charge in [0.25, 0.3) is 5.91 Å². The number of hydrogen-bond donors (Lipinski definition) is 2. The van der Waals surface area contributed by atoms with Crippen molar-refractivity contribution in [3.05, 3.63) is 83.2 Å². The first kappa shape index (κ1) is 22.3. The fourth-order valence-corrected chi connectivity index (χ4v) is 3.43. The summed E-state index contributed by atoms with van der Waals surface area (Å²) >= 11 is 0. The molecule has 0 radical (unpaired) electrons. The van der Waals surface area contributed by atoms with Gasteiger partial charge in [-0.25, -0.2) is 4.68 Å². The number of para-hydroxylation sites is 1. The molecule has 1 unspecified atom stereocenters. The van der Waals surface area contributed by atoms with Crippen LogP contribution in [-0.4, -0.2) is 28.1 Å². The van der Waals surface area contributed by atoms with Crippen LogP contribution in [0.3, 0.4) is 0 Å². The monoisotopic (exact) mass is 418 g/mol. The van der Waals surface area contributed by atoms with E-state index in [-0.39, 0.29) is 29.8 Å². The van der Waals surface area contributed by atoms with Crippen LogP contribution in [0.15, 0.2) is 60.8 Å². The van der Waals surface area contributed by atoms with Gasteiger partial charge in [-0.3, -0.25) is 9.59 Å². The second kappa shape index (κ2) is 9.16. The zero-order valence-electron chi connectivity index (χ0n) is 18.8. The first-order chi connectivity index (χ1) is 14.7. The number of carbonyl (C=O) groups excluding carboxylic acids is 2. The lowest BCUT2D eigenvalue weighted by Crippen LogP contribution is -2.38. The summed E-state index contributed by atoms with van der Waals surface area (Å²) in [6.45, 7) is 10.2. The summed E-state index contributed by atoms with van der Waals surface area (Å²) in [7, 11) is 0. The molecule has 0 saturated carbocycles. The molecular formula is C25H30N4O2. The third kappa shape index (κ3) is 5.40. The molecule has 0 aliphatic carbocycles. The second-order valence-corrected chi connectivity index (χ2v) is 8.73. The molecule has 31 heavy (non-hydrogen) atoms. The van der Waals surface area contributed by atoms with Gasteiger partial charge in [0, 0.05) is 16.8 Å². The van der Waals surface area contributed by atoms with Gasteiger partial charge < -0.3 is 10.6 Å². The second-order valence-electron chi connectivity index (χ2n) is 8.73. The molecule has 6 nitrogen and oxygen atoms in total. The smallest absolute Gasteiger partial charge is 0.251 e. The number of benzene rings is 2. The highest BCUT2D eigenvalue weighted by Gasteiger charge is 2.18. The average Bonchev–Trinajstić information content (AvgIpc) is 3.13. The van der Waals surface area contributed by atoms with Crippen LogP contribution in [0.5, 0.6) is 0 Å². The number of carbonyl (C=O) groups is 2. The van der Waals surface area contributed by atoms with Crippen molar-refractivity contribution in [3.63, 3.8) is 0 Å². The van der Waals surface area contributed by atoms with E-state index in [1.165, 1.54) is 0 Å². The van der Waals surface area contributed by atoms with Gasteiger partial charge >= 0.3 is 0 Å². The predicted molar refractivity (Wildman–Crippen MR) is 122 cm³/mol. The van der Waals surface area contributed by atoms with E-state index < -0.39 is 0 Å². The van der Waals surface area contributed by atoms with Crippen LogP contribution in [0.4, 0.5) is 0 Å². The van der Waals surface area contributed by atoms with Crippen molar-refractivity contribution >= 4 is 11.8 Å². The number of nitrogens with zero attached hydrogens (tertiary/aromatic N) is 2. The third-order valence-corrected chi connectivity index (χ3v) is 5.32. The quantitative estimate of drug-likeness (QED) is 0.633. The maximum atomic E-state index is 12.4. The Hall–Kier alpha value is -3.41. The molecule has 2 N–H and O–H groups in total. The summed E-state index contributed by atoms with van der Waals surface area (Å²) in [5.41, 5.74) is 4.57. The number of nitrogens with one attached hydrogen (secondary N) is 2. The molecule has 2 aromatic carbocycles. The zero-order valence-corrected chi connectivity index (χ0v) is 18.8. The molecule has 6 heteroatoms. The number of rotatable bonds is 6. The molecule has 1 aromatic heterocycles. The lowest BCUT2D eigenvalue weighted by molar-refractivity contribution is -0.120. The van der Waals surface area contributed by atoms with Crippen LogP contribution in [0.25, 0.3) is 5.69 Å². The summed E-state index contributed by atoms with van der Waals surface area (Å²) in [6.07, 6.45) is 1.77. The van der Waals surface area contributed by atoms with Gasteiger partial charge in [0.15, 0.2) is 0 Å². The Bertz CT molecular complexity index is 1050. The Balaban J connectivity index is 1.56. The fraction of sp³-hybridized carbons (Fsp3) is 0.320. The van der Waals surface area contributed by atoms with Crippen molar-refractivity contribution in [2.75, 3.05) is 6.54 Å². The highest BCUT2D eigenvalue weighted by Crippen LogP contribution is 2.22. The molecule has 1 heterocycles. The van der Waals surface area contributed by atoms with E-state index in [4.69, 9.17) is 0 Å². The molecule has 3 rings (SSSR count). The first-order valence-corrected chi connectivity index (χ1v) is 10.4. The van der Waals surface area contributed by atoms with Gasteiger partial charge in [0.05, 0.1) is 24.5 Å². The summed E-state index contributed by atoms with van der Waals surface area (Å²) < 4.78 is 1.85. The van der Waals surface area contributed by atoms with Crippen LogP contribution >= 0.6 is 0 Å². The van der Waals surface area contributed by atoms with Crippen LogP contribution in [0.2, 0.25) is 0 Å². The third-order valence-electron chi connectivity index (χ3n) is 5.32. The summed E-state index contributed by atoms with van der Waals surface area (Å²) in [4.78, 5) is 24.8. The minimum atomic E-state index is -0.267. The minimum absolute atomic E-state index is 0.0253. The van der Waals surface area contributed by atoms with E-state index in [0.29, 0.717) is 5.56 Å². The summed E-state index contributed by atoms with van der Waals surface area (Å²) in [5, 5.41) is 10.1. The Morgan fingerprint density at radius 1 is 1.03 bits per heavy atom. The molecule has 0 aliphatic rings. The minimum Gasteiger partial charge on any atom is -0.348 e. The van der Waals surface area contributed by atoms with Crippen LogP contribution in [0.1, 0.15) is 60.9 Å². The number of hydrogen-bond acceptors (Lipinski definition) is 3. The molecular weight excluding hydrogens is 388 g/mol. The van der Waals surface area contributed by atoms with Gasteiger partial charge in [-0.2, -0.15) is 5.10 Å². The van der Waals surface area contributed by atoms with Gasteiger partial charge in [0.2, 0.25) is 5.91 Å². The Morgan fingerprint density at radius 2 is 1.68 bits per heavy atom. The zero-order chi connectivity index (χ0) is 22.6. The molecule has 0 aliphatic heterocycles.